The summed E-state index contributed by atoms with van der Waals surface area (Å²) in [6, 6.07) is 5.82. The minimum absolute atomic E-state index is 0.106. The normalized spacial score (nSPS) is 10.0. The molecule has 0 saturated carbocycles. The molecule has 0 unspecified atom stereocenters. The van der Waals surface area contributed by atoms with E-state index in [4.69, 9.17) is 5.11 Å². The van der Waals surface area contributed by atoms with Crippen molar-refractivity contribution in [2.75, 3.05) is 6.26 Å². The molecule has 0 atom stereocenters. The molecule has 0 fully saturated rings. The van der Waals surface area contributed by atoms with Crippen LogP contribution in [0.1, 0.15) is 5.56 Å². The Balaban J connectivity index is 3.07. The lowest BCUT2D eigenvalue weighted by atomic mass is 10.1. The van der Waals surface area contributed by atoms with Crippen molar-refractivity contribution in [2.45, 2.75) is 11.3 Å². The Bertz CT molecular complexity index is 325. The molecule has 0 aliphatic heterocycles. The summed E-state index contributed by atoms with van der Waals surface area (Å²) in [6.45, 7) is 0. The van der Waals surface area contributed by atoms with E-state index in [1.54, 1.807) is 11.8 Å². The first-order valence-electron chi connectivity index (χ1n) is 3.68. The van der Waals surface area contributed by atoms with Crippen LogP contribution in [0.2, 0.25) is 0 Å². The number of hydrogen-bond donors (Lipinski definition) is 1. The molecule has 0 aromatic heterocycles. The Hall–Kier alpha value is -0.230. The van der Waals surface area contributed by atoms with E-state index in [0.717, 1.165) is 14.0 Å². The van der Waals surface area contributed by atoms with Crippen molar-refractivity contribution in [2.24, 2.45) is 0 Å². The molecule has 0 radical (unpaired) electrons. The molecule has 4 heteroatoms. The highest BCUT2D eigenvalue weighted by molar-refractivity contribution is 14.1. The fourth-order valence-electron chi connectivity index (χ4n) is 1.05. The van der Waals surface area contributed by atoms with E-state index in [2.05, 4.69) is 22.6 Å². The van der Waals surface area contributed by atoms with E-state index in [0.29, 0.717) is 0 Å². The SMILES string of the molecule is CSc1cccc(I)c1CC(=O)O. The lowest BCUT2D eigenvalue weighted by molar-refractivity contribution is -0.136. The smallest absolute Gasteiger partial charge is 0.307 e. The molecular formula is C9H9IO2S. The Morgan fingerprint density at radius 2 is 2.31 bits per heavy atom. The number of carboxylic acids is 1. The predicted molar refractivity (Wildman–Crippen MR) is 62.3 cm³/mol. The molecule has 0 heterocycles. The highest BCUT2D eigenvalue weighted by Crippen LogP contribution is 2.25. The maximum absolute atomic E-state index is 10.6. The van der Waals surface area contributed by atoms with Gasteiger partial charge in [-0.2, -0.15) is 0 Å². The van der Waals surface area contributed by atoms with Crippen molar-refractivity contribution in [3.05, 3.63) is 27.3 Å². The Morgan fingerprint density at radius 1 is 1.62 bits per heavy atom. The second-order valence-corrected chi connectivity index (χ2v) is 4.50. The van der Waals surface area contributed by atoms with Crippen LogP contribution in [0.5, 0.6) is 0 Å². The van der Waals surface area contributed by atoms with Crippen molar-refractivity contribution in [3.63, 3.8) is 0 Å². The van der Waals surface area contributed by atoms with E-state index in [1.165, 1.54) is 0 Å². The number of carboxylic acid groups (broad SMARTS) is 1. The third-order valence-electron chi connectivity index (χ3n) is 1.62. The van der Waals surface area contributed by atoms with Crippen molar-refractivity contribution < 1.29 is 9.90 Å². The van der Waals surface area contributed by atoms with Gasteiger partial charge in [-0.1, -0.05) is 6.07 Å². The van der Waals surface area contributed by atoms with Gasteiger partial charge in [0.25, 0.3) is 0 Å². The zero-order valence-corrected chi connectivity index (χ0v) is 10.1. The number of hydrogen-bond acceptors (Lipinski definition) is 2. The quantitative estimate of drug-likeness (QED) is 0.689. The Morgan fingerprint density at radius 3 is 2.85 bits per heavy atom. The number of rotatable bonds is 3. The summed E-state index contributed by atoms with van der Waals surface area (Å²) in [5.41, 5.74) is 0.920. The molecule has 0 saturated heterocycles. The van der Waals surface area contributed by atoms with Gasteiger partial charge in [-0.3, -0.25) is 4.79 Å². The van der Waals surface area contributed by atoms with Crippen LogP contribution in [0.4, 0.5) is 0 Å². The molecule has 0 aliphatic rings. The van der Waals surface area contributed by atoms with Crippen LogP contribution in [0.15, 0.2) is 23.1 Å². The van der Waals surface area contributed by atoms with Gasteiger partial charge in [0.05, 0.1) is 6.42 Å². The maximum atomic E-state index is 10.6. The summed E-state index contributed by atoms with van der Waals surface area (Å²) in [5.74, 6) is -0.778. The predicted octanol–water partition coefficient (Wildman–Crippen LogP) is 2.64. The molecular weight excluding hydrogens is 299 g/mol. The fourth-order valence-corrected chi connectivity index (χ4v) is 2.57. The maximum Gasteiger partial charge on any atom is 0.307 e. The first kappa shape index (κ1) is 10.8. The van der Waals surface area contributed by atoms with Gasteiger partial charge in [-0.25, -0.2) is 0 Å². The lowest BCUT2D eigenvalue weighted by Gasteiger charge is -2.06. The molecule has 0 bridgehead atoms. The van der Waals surface area contributed by atoms with Gasteiger partial charge in [0.15, 0.2) is 0 Å². The Labute approximate surface area is 94.9 Å². The van der Waals surface area contributed by atoms with Crippen LogP contribution in [-0.2, 0) is 11.2 Å². The minimum atomic E-state index is -0.778. The average molecular weight is 308 g/mol. The average Bonchev–Trinajstić information content (AvgIpc) is 2.08. The topological polar surface area (TPSA) is 37.3 Å². The first-order chi connectivity index (χ1) is 6.15. The molecule has 1 rings (SSSR count). The van der Waals surface area contributed by atoms with Crippen LogP contribution in [0.25, 0.3) is 0 Å². The van der Waals surface area contributed by atoms with Crippen molar-refractivity contribution >= 4 is 40.3 Å². The summed E-state index contributed by atoms with van der Waals surface area (Å²) >= 11 is 3.75. The van der Waals surface area contributed by atoms with Gasteiger partial charge >= 0.3 is 5.97 Å². The number of aliphatic carboxylic acids is 1. The summed E-state index contributed by atoms with van der Waals surface area (Å²) < 4.78 is 1.02. The van der Waals surface area contributed by atoms with Crippen molar-refractivity contribution in [1.29, 1.82) is 0 Å². The fraction of sp³-hybridized carbons (Fsp3) is 0.222. The zero-order chi connectivity index (χ0) is 9.84. The van der Waals surface area contributed by atoms with Crippen LogP contribution in [-0.4, -0.2) is 17.3 Å². The van der Waals surface area contributed by atoms with Crippen molar-refractivity contribution in [1.82, 2.24) is 0 Å². The molecule has 0 amide bonds. The standard InChI is InChI=1S/C9H9IO2S/c1-13-8-4-2-3-7(10)6(8)5-9(11)12/h2-4H,5H2,1H3,(H,11,12). The second kappa shape index (κ2) is 4.85. The van der Waals surface area contributed by atoms with Gasteiger partial charge in [0.2, 0.25) is 0 Å². The molecule has 1 aromatic carbocycles. The molecule has 0 spiro atoms. The molecule has 2 nitrogen and oxygen atoms in total. The first-order valence-corrected chi connectivity index (χ1v) is 5.98. The highest BCUT2D eigenvalue weighted by atomic mass is 127. The summed E-state index contributed by atoms with van der Waals surface area (Å²) in [6.07, 6.45) is 2.06. The van der Waals surface area contributed by atoms with E-state index in [1.807, 2.05) is 24.5 Å². The molecule has 70 valence electrons. The minimum Gasteiger partial charge on any atom is -0.481 e. The van der Waals surface area contributed by atoms with E-state index < -0.39 is 5.97 Å². The van der Waals surface area contributed by atoms with Gasteiger partial charge in [0, 0.05) is 8.47 Å². The lowest BCUT2D eigenvalue weighted by Crippen LogP contribution is -2.03. The molecule has 0 aliphatic carbocycles. The monoisotopic (exact) mass is 308 g/mol. The Kier molecular flexibility index (Phi) is 4.05. The number of halogens is 1. The molecule has 13 heavy (non-hydrogen) atoms. The summed E-state index contributed by atoms with van der Waals surface area (Å²) in [5, 5.41) is 8.70. The van der Waals surface area contributed by atoms with Crippen LogP contribution >= 0.6 is 34.4 Å². The van der Waals surface area contributed by atoms with Crippen LogP contribution in [0.3, 0.4) is 0 Å². The highest BCUT2D eigenvalue weighted by Gasteiger charge is 2.09. The van der Waals surface area contributed by atoms with Gasteiger partial charge in [0.1, 0.15) is 0 Å². The van der Waals surface area contributed by atoms with Gasteiger partial charge in [-0.05, 0) is 46.5 Å². The van der Waals surface area contributed by atoms with E-state index in [-0.39, 0.29) is 6.42 Å². The third kappa shape index (κ3) is 2.87. The van der Waals surface area contributed by atoms with E-state index >= 15 is 0 Å². The van der Waals surface area contributed by atoms with E-state index in [9.17, 15) is 4.79 Å². The summed E-state index contributed by atoms with van der Waals surface area (Å²) in [7, 11) is 0. The molecule has 1 aromatic rings. The third-order valence-corrected chi connectivity index (χ3v) is 3.46. The van der Waals surface area contributed by atoms with Crippen LogP contribution < -0.4 is 0 Å². The second-order valence-electron chi connectivity index (χ2n) is 2.49. The van der Waals surface area contributed by atoms with Gasteiger partial charge in [-0.15, -0.1) is 11.8 Å². The van der Waals surface area contributed by atoms with Crippen LogP contribution in [0, 0.1) is 3.57 Å². The number of thioether (sulfide) groups is 1. The van der Waals surface area contributed by atoms with Crippen molar-refractivity contribution in [3.8, 4) is 0 Å². The molecule has 1 N–H and O–H groups in total. The summed E-state index contributed by atoms with van der Waals surface area (Å²) in [4.78, 5) is 11.6. The number of benzene rings is 1. The van der Waals surface area contributed by atoms with Gasteiger partial charge < -0.3 is 5.11 Å². The largest absolute Gasteiger partial charge is 0.481 e. The zero-order valence-electron chi connectivity index (χ0n) is 7.08. The number of carbonyl (C=O) groups is 1.